The lowest BCUT2D eigenvalue weighted by Crippen LogP contribution is -2.22. The van der Waals surface area contributed by atoms with Crippen LogP contribution < -0.4 is 15.0 Å². The van der Waals surface area contributed by atoms with Crippen molar-refractivity contribution in [2.24, 2.45) is 0 Å². The molecule has 0 bridgehead atoms. The molecular formula is C16H20N2O3. The number of aromatic nitrogens is 2. The highest BCUT2D eigenvalue weighted by Gasteiger charge is 2.20. The second-order valence-corrected chi connectivity index (χ2v) is 5.77. The van der Waals surface area contributed by atoms with Gasteiger partial charge in [-0.15, -0.1) is 0 Å². The van der Waals surface area contributed by atoms with Crippen molar-refractivity contribution in [1.82, 2.24) is 9.97 Å². The van der Waals surface area contributed by atoms with Gasteiger partial charge in [0.25, 0.3) is 5.56 Å². The molecule has 1 heterocycles. The van der Waals surface area contributed by atoms with Crippen LogP contribution >= 0.6 is 0 Å². The average Bonchev–Trinajstić information content (AvgIpc) is 2.44. The molecule has 0 saturated carbocycles. The number of rotatable bonds is 3. The molecule has 0 radical (unpaired) electrons. The number of aromatic amines is 1. The molecule has 21 heavy (non-hydrogen) atoms. The van der Waals surface area contributed by atoms with Crippen molar-refractivity contribution in [3.63, 3.8) is 0 Å². The standard InChI is InChI=1S/C16H20N2O3/c1-16(2,3)15-17-11(9-13(19)18-15)10-7-6-8-12(20-4)14(10)21-5/h6-9H,1-5H3,(H,17,18,19). The second kappa shape index (κ2) is 5.60. The highest BCUT2D eigenvalue weighted by Crippen LogP contribution is 2.36. The second-order valence-electron chi connectivity index (χ2n) is 5.77. The van der Waals surface area contributed by atoms with E-state index in [0.29, 0.717) is 23.0 Å². The first-order chi connectivity index (χ1) is 9.86. The summed E-state index contributed by atoms with van der Waals surface area (Å²) in [5.41, 5.74) is 0.865. The molecular weight excluding hydrogens is 268 g/mol. The monoisotopic (exact) mass is 288 g/mol. The Labute approximate surface area is 124 Å². The molecule has 0 aliphatic rings. The molecule has 0 spiro atoms. The number of methoxy groups -OCH3 is 2. The third kappa shape index (κ3) is 3.07. The van der Waals surface area contributed by atoms with E-state index in [4.69, 9.17) is 9.47 Å². The number of nitrogens with one attached hydrogen (secondary N) is 1. The van der Waals surface area contributed by atoms with Crippen LogP contribution in [0.4, 0.5) is 0 Å². The van der Waals surface area contributed by atoms with Gasteiger partial charge in [-0.3, -0.25) is 4.79 Å². The summed E-state index contributed by atoms with van der Waals surface area (Å²) < 4.78 is 10.7. The van der Waals surface area contributed by atoms with Crippen molar-refractivity contribution in [1.29, 1.82) is 0 Å². The largest absolute Gasteiger partial charge is 0.493 e. The minimum absolute atomic E-state index is 0.185. The fraction of sp³-hybridized carbons (Fsp3) is 0.375. The summed E-state index contributed by atoms with van der Waals surface area (Å²) >= 11 is 0. The molecule has 0 aliphatic heterocycles. The Morgan fingerprint density at radius 2 is 1.86 bits per heavy atom. The predicted molar refractivity (Wildman–Crippen MR) is 82.1 cm³/mol. The number of benzene rings is 1. The Balaban J connectivity index is 2.68. The van der Waals surface area contributed by atoms with Crippen molar-refractivity contribution in [3.8, 4) is 22.8 Å². The maximum absolute atomic E-state index is 11.9. The smallest absolute Gasteiger partial charge is 0.251 e. The average molecular weight is 288 g/mol. The van der Waals surface area contributed by atoms with E-state index in [1.807, 2.05) is 32.9 Å². The first kappa shape index (κ1) is 15.1. The summed E-state index contributed by atoms with van der Waals surface area (Å²) in [6, 6.07) is 6.97. The van der Waals surface area contributed by atoms with Gasteiger partial charge in [0.05, 0.1) is 19.9 Å². The Hall–Kier alpha value is -2.30. The van der Waals surface area contributed by atoms with Crippen LogP contribution in [-0.2, 0) is 5.41 Å². The van der Waals surface area contributed by atoms with E-state index < -0.39 is 0 Å². The molecule has 0 aliphatic carbocycles. The van der Waals surface area contributed by atoms with E-state index in [-0.39, 0.29) is 11.0 Å². The zero-order chi connectivity index (χ0) is 15.6. The lowest BCUT2D eigenvalue weighted by atomic mass is 9.95. The van der Waals surface area contributed by atoms with Gasteiger partial charge in [0.15, 0.2) is 11.5 Å². The number of ether oxygens (including phenoxy) is 2. The SMILES string of the molecule is COc1cccc(-c2cc(=O)[nH]c(C(C)(C)C)n2)c1OC. The summed E-state index contributed by atoms with van der Waals surface area (Å²) in [5, 5.41) is 0. The molecule has 2 rings (SSSR count). The van der Waals surface area contributed by atoms with E-state index in [9.17, 15) is 4.79 Å². The minimum atomic E-state index is -0.249. The normalized spacial score (nSPS) is 11.3. The number of para-hydroxylation sites is 1. The van der Waals surface area contributed by atoms with Crippen LogP contribution in [0.2, 0.25) is 0 Å². The van der Waals surface area contributed by atoms with Gasteiger partial charge in [-0.2, -0.15) is 0 Å². The highest BCUT2D eigenvalue weighted by molar-refractivity contribution is 5.71. The molecule has 0 amide bonds. The Bertz CT molecular complexity index is 699. The summed E-state index contributed by atoms with van der Waals surface area (Å²) in [5.74, 6) is 1.81. The fourth-order valence-corrected chi connectivity index (χ4v) is 2.04. The van der Waals surface area contributed by atoms with Gasteiger partial charge in [0.2, 0.25) is 0 Å². The van der Waals surface area contributed by atoms with Gasteiger partial charge in [-0.05, 0) is 12.1 Å². The van der Waals surface area contributed by atoms with Crippen molar-refractivity contribution in [2.75, 3.05) is 14.2 Å². The summed E-state index contributed by atoms with van der Waals surface area (Å²) in [7, 11) is 3.15. The highest BCUT2D eigenvalue weighted by atomic mass is 16.5. The molecule has 0 atom stereocenters. The predicted octanol–water partition coefficient (Wildman–Crippen LogP) is 2.75. The number of hydrogen-bond acceptors (Lipinski definition) is 4. The third-order valence-corrected chi connectivity index (χ3v) is 3.13. The quantitative estimate of drug-likeness (QED) is 0.943. The molecule has 112 valence electrons. The molecule has 0 unspecified atom stereocenters. The molecule has 1 N–H and O–H groups in total. The number of hydrogen-bond donors (Lipinski definition) is 1. The number of nitrogens with zero attached hydrogens (tertiary/aromatic N) is 1. The lowest BCUT2D eigenvalue weighted by Gasteiger charge is -2.18. The molecule has 0 saturated heterocycles. The lowest BCUT2D eigenvalue weighted by molar-refractivity contribution is 0.356. The zero-order valence-corrected chi connectivity index (χ0v) is 13.0. The summed E-state index contributed by atoms with van der Waals surface area (Å²) in [6.07, 6.45) is 0. The van der Waals surface area contributed by atoms with Gasteiger partial charge in [0.1, 0.15) is 5.82 Å². The maximum atomic E-state index is 11.9. The molecule has 1 aromatic carbocycles. The van der Waals surface area contributed by atoms with Crippen LogP contribution in [0.25, 0.3) is 11.3 Å². The maximum Gasteiger partial charge on any atom is 0.251 e. The van der Waals surface area contributed by atoms with Crippen molar-refractivity contribution < 1.29 is 9.47 Å². The van der Waals surface area contributed by atoms with Crippen molar-refractivity contribution in [3.05, 3.63) is 40.4 Å². The van der Waals surface area contributed by atoms with Gasteiger partial charge in [0, 0.05) is 17.0 Å². The van der Waals surface area contributed by atoms with E-state index >= 15 is 0 Å². The van der Waals surface area contributed by atoms with E-state index in [1.54, 1.807) is 20.3 Å². The minimum Gasteiger partial charge on any atom is -0.493 e. The molecule has 0 fully saturated rings. The Morgan fingerprint density at radius 3 is 2.43 bits per heavy atom. The van der Waals surface area contributed by atoms with Crippen molar-refractivity contribution in [2.45, 2.75) is 26.2 Å². The Kier molecular flexibility index (Phi) is 4.02. The third-order valence-electron chi connectivity index (χ3n) is 3.13. The van der Waals surface area contributed by atoms with Gasteiger partial charge < -0.3 is 14.5 Å². The first-order valence-electron chi connectivity index (χ1n) is 6.70. The molecule has 5 heteroatoms. The van der Waals surface area contributed by atoms with E-state index in [1.165, 1.54) is 6.07 Å². The van der Waals surface area contributed by atoms with Crippen LogP contribution in [0.15, 0.2) is 29.1 Å². The van der Waals surface area contributed by atoms with Crippen molar-refractivity contribution >= 4 is 0 Å². The van der Waals surface area contributed by atoms with Crippen LogP contribution in [-0.4, -0.2) is 24.2 Å². The van der Waals surface area contributed by atoms with Crippen LogP contribution in [0.1, 0.15) is 26.6 Å². The molecule has 5 nitrogen and oxygen atoms in total. The zero-order valence-electron chi connectivity index (χ0n) is 13.0. The van der Waals surface area contributed by atoms with Gasteiger partial charge in [-0.1, -0.05) is 26.8 Å². The molecule has 1 aromatic heterocycles. The van der Waals surface area contributed by atoms with Crippen LogP contribution in [0, 0.1) is 0 Å². The summed E-state index contributed by atoms with van der Waals surface area (Å²) in [6.45, 7) is 5.99. The van der Waals surface area contributed by atoms with Crippen LogP contribution in [0.5, 0.6) is 11.5 Å². The Morgan fingerprint density at radius 1 is 1.14 bits per heavy atom. The van der Waals surface area contributed by atoms with Crippen LogP contribution in [0.3, 0.4) is 0 Å². The van der Waals surface area contributed by atoms with Gasteiger partial charge >= 0.3 is 0 Å². The van der Waals surface area contributed by atoms with E-state index in [2.05, 4.69) is 9.97 Å². The van der Waals surface area contributed by atoms with Gasteiger partial charge in [-0.25, -0.2) is 4.98 Å². The molecule has 2 aromatic rings. The number of H-pyrrole nitrogens is 1. The fourth-order valence-electron chi connectivity index (χ4n) is 2.04. The topological polar surface area (TPSA) is 64.2 Å². The summed E-state index contributed by atoms with van der Waals surface area (Å²) in [4.78, 5) is 19.3. The van der Waals surface area contributed by atoms with E-state index in [0.717, 1.165) is 5.56 Å². The first-order valence-corrected chi connectivity index (χ1v) is 6.70.